The molecule has 0 aliphatic rings. The fraction of sp³-hybridized carbons (Fsp3) is 0.174. The molecule has 3 nitrogen and oxygen atoms in total. The first-order valence-corrected chi connectivity index (χ1v) is 10.1. The second kappa shape index (κ2) is 9.11. The minimum absolute atomic E-state index is 0.0265. The quantitative estimate of drug-likeness (QED) is 0.287. The molecule has 1 unspecified atom stereocenters. The summed E-state index contributed by atoms with van der Waals surface area (Å²) >= 11 is 6.28. The summed E-state index contributed by atoms with van der Waals surface area (Å²) in [4.78, 5) is 4.64. The van der Waals surface area contributed by atoms with E-state index in [4.69, 9.17) is 20.8 Å². The van der Waals surface area contributed by atoms with Gasteiger partial charge in [-0.2, -0.15) is 8.78 Å². The molecule has 1 atom stereocenters. The first-order valence-electron chi connectivity index (χ1n) is 9.18. The number of hydrogen-bond acceptors (Lipinski definition) is 3. The maximum atomic E-state index is 13.3. The average molecular weight is 448 g/mol. The van der Waals surface area contributed by atoms with Crippen molar-refractivity contribution >= 4 is 32.1 Å². The molecule has 0 saturated carbocycles. The lowest BCUT2D eigenvalue weighted by atomic mass is 10.1. The van der Waals surface area contributed by atoms with E-state index in [0.29, 0.717) is 27.8 Å². The van der Waals surface area contributed by atoms with E-state index in [2.05, 4.69) is 4.99 Å². The number of para-hydroxylation sites is 1. The Labute approximate surface area is 181 Å². The normalized spacial score (nSPS) is 13.2. The van der Waals surface area contributed by atoms with Crippen LogP contribution in [0.25, 0.3) is 16.9 Å². The predicted octanol–water partition coefficient (Wildman–Crippen LogP) is 7.66. The molecule has 1 aromatic heterocycles. The van der Waals surface area contributed by atoms with Crippen molar-refractivity contribution in [2.75, 3.05) is 0 Å². The van der Waals surface area contributed by atoms with Gasteiger partial charge >= 0.3 is 5.85 Å². The highest BCUT2D eigenvalue weighted by atomic mass is 35.5. The van der Waals surface area contributed by atoms with Gasteiger partial charge in [0.1, 0.15) is 17.3 Å². The predicted molar refractivity (Wildman–Crippen MR) is 121 cm³/mol. The average Bonchev–Trinajstić information content (AvgIpc) is 3.17. The second-order valence-electron chi connectivity index (χ2n) is 6.71. The lowest BCUT2D eigenvalue weighted by molar-refractivity contribution is -0.0889. The van der Waals surface area contributed by atoms with E-state index in [1.165, 1.54) is 15.3 Å². The third kappa shape index (κ3) is 5.35. The number of halogens is 3. The van der Waals surface area contributed by atoms with Crippen LogP contribution in [0.3, 0.4) is 0 Å². The second-order valence-corrected chi connectivity index (χ2v) is 7.79. The standard InChI is InChI=1S/C23H21ClF2NO2P/c1-14(17-8-4-6-10-19(17)24)15(2)27-16(3)20-12-13-21(28-20)18-9-5-7-11-22(18)29-23(25,26)30/h4-13H,30H2,1-3H3/b15-14+,27-16+. The van der Waals surface area contributed by atoms with Crippen molar-refractivity contribution in [2.45, 2.75) is 26.6 Å². The minimum Gasteiger partial charge on any atom is -0.455 e. The van der Waals surface area contributed by atoms with E-state index in [1.807, 2.05) is 45.0 Å². The third-order valence-corrected chi connectivity index (χ3v) is 4.96. The van der Waals surface area contributed by atoms with Crippen molar-refractivity contribution in [2.24, 2.45) is 4.99 Å². The van der Waals surface area contributed by atoms with Crippen LogP contribution in [0, 0.1) is 0 Å². The Morgan fingerprint density at radius 3 is 2.37 bits per heavy atom. The molecule has 0 bridgehead atoms. The number of hydrogen-bond donors (Lipinski definition) is 0. The van der Waals surface area contributed by atoms with E-state index >= 15 is 0 Å². The Kier molecular flexibility index (Phi) is 6.74. The highest BCUT2D eigenvalue weighted by Gasteiger charge is 2.25. The van der Waals surface area contributed by atoms with Gasteiger partial charge < -0.3 is 9.15 Å². The number of rotatable bonds is 6. The summed E-state index contributed by atoms with van der Waals surface area (Å²) in [7, 11) is 1.36. The van der Waals surface area contributed by atoms with Crippen molar-refractivity contribution < 1.29 is 17.9 Å². The van der Waals surface area contributed by atoms with Gasteiger partial charge in [0.25, 0.3) is 0 Å². The molecule has 0 spiro atoms. The molecule has 1 heterocycles. The number of allylic oxidation sites excluding steroid dienone is 2. The van der Waals surface area contributed by atoms with Crippen LogP contribution < -0.4 is 4.74 Å². The van der Waals surface area contributed by atoms with Crippen LogP contribution in [0.2, 0.25) is 5.02 Å². The summed E-state index contributed by atoms with van der Waals surface area (Å²) in [6.45, 7) is 5.68. The van der Waals surface area contributed by atoms with Gasteiger partial charge in [0.05, 0.1) is 11.3 Å². The highest BCUT2D eigenvalue weighted by Crippen LogP contribution is 2.36. The maximum absolute atomic E-state index is 13.3. The summed E-state index contributed by atoms with van der Waals surface area (Å²) in [6.07, 6.45) is 0. The fourth-order valence-electron chi connectivity index (χ4n) is 2.93. The molecule has 0 amide bonds. The molecule has 2 aromatic carbocycles. The van der Waals surface area contributed by atoms with Crippen LogP contribution >= 0.6 is 20.8 Å². The van der Waals surface area contributed by atoms with Crippen LogP contribution in [-0.2, 0) is 0 Å². The maximum Gasteiger partial charge on any atom is 0.408 e. The molecule has 0 fully saturated rings. The lowest BCUT2D eigenvalue weighted by Crippen LogP contribution is -2.15. The van der Waals surface area contributed by atoms with Crippen molar-refractivity contribution in [1.29, 1.82) is 0 Å². The van der Waals surface area contributed by atoms with Gasteiger partial charge in [-0.3, -0.25) is 4.99 Å². The molecular formula is C23H21ClF2NO2P. The summed E-state index contributed by atoms with van der Waals surface area (Å²) < 4.78 is 37.2. The van der Waals surface area contributed by atoms with Gasteiger partial charge in [0.2, 0.25) is 0 Å². The number of ether oxygens (including phenoxy) is 1. The van der Waals surface area contributed by atoms with Crippen molar-refractivity contribution in [3.63, 3.8) is 0 Å². The van der Waals surface area contributed by atoms with Gasteiger partial charge in [0.15, 0.2) is 0 Å². The van der Waals surface area contributed by atoms with E-state index in [-0.39, 0.29) is 5.75 Å². The Balaban J connectivity index is 1.92. The summed E-state index contributed by atoms with van der Waals surface area (Å²) in [6, 6.07) is 17.5. The first kappa shape index (κ1) is 22.2. The Hall–Kier alpha value is -2.49. The third-order valence-electron chi connectivity index (χ3n) is 4.52. The Morgan fingerprint density at radius 1 is 1.00 bits per heavy atom. The molecule has 0 N–H and O–H groups in total. The highest BCUT2D eigenvalue weighted by molar-refractivity contribution is 7.17. The zero-order valence-corrected chi connectivity index (χ0v) is 18.7. The SMILES string of the molecule is C/C(=N\C(C)=C(/C)c1ccccc1Cl)c1ccc(-c2ccccc2OC(F)(F)P)o1. The van der Waals surface area contributed by atoms with E-state index in [9.17, 15) is 8.78 Å². The molecule has 0 aliphatic carbocycles. The van der Waals surface area contributed by atoms with Crippen LogP contribution in [0.5, 0.6) is 5.75 Å². The summed E-state index contributed by atoms with van der Waals surface area (Å²) in [5.74, 6) is -2.41. The topological polar surface area (TPSA) is 34.7 Å². The molecule has 3 rings (SSSR count). The number of alkyl halides is 2. The van der Waals surface area contributed by atoms with Gasteiger partial charge in [0, 0.05) is 10.7 Å². The molecular weight excluding hydrogens is 427 g/mol. The molecule has 30 heavy (non-hydrogen) atoms. The number of nitrogens with zero attached hydrogens (tertiary/aromatic N) is 1. The summed E-state index contributed by atoms with van der Waals surface area (Å²) in [5, 5.41) is 0.657. The zero-order chi connectivity index (χ0) is 21.9. The summed E-state index contributed by atoms with van der Waals surface area (Å²) in [5.41, 5.74) is 3.74. The van der Waals surface area contributed by atoms with Gasteiger partial charge in [-0.15, -0.1) is 0 Å². The number of benzene rings is 2. The van der Waals surface area contributed by atoms with Crippen molar-refractivity contribution in [1.82, 2.24) is 0 Å². The van der Waals surface area contributed by atoms with E-state index in [0.717, 1.165) is 16.8 Å². The zero-order valence-electron chi connectivity index (χ0n) is 16.7. The first-order chi connectivity index (χ1) is 14.2. The number of aliphatic imine (C=N–C) groups is 1. The molecule has 3 aromatic rings. The van der Waals surface area contributed by atoms with Gasteiger partial charge in [-0.25, -0.2) is 0 Å². The van der Waals surface area contributed by atoms with Gasteiger partial charge in [-0.05, 0) is 71.5 Å². The molecule has 0 saturated heterocycles. The Bertz CT molecular complexity index is 1120. The van der Waals surface area contributed by atoms with Crippen molar-refractivity contribution in [3.8, 4) is 17.1 Å². The van der Waals surface area contributed by atoms with Crippen LogP contribution in [0.1, 0.15) is 32.1 Å². The molecule has 156 valence electrons. The van der Waals surface area contributed by atoms with E-state index < -0.39 is 5.85 Å². The minimum atomic E-state index is -3.37. The fourth-order valence-corrected chi connectivity index (χ4v) is 3.34. The number of furan rings is 1. The van der Waals surface area contributed by atoms with Crippen LogP contribution in [-0.4, -0.2) is 11.6 Å². The Morgan fingerprint density at radius 2 is 1.67 bits per heavy atom. The smallest absolute Gasteiger partial charge is 0.408 e. The van der Waals surface area contributed by atoms with Gasteiger partial charge in [-0.1, -0.05) is 41.9 Å². The monoisotopic (exact) mass is 447 g/mol. The molecule has 7 heteroatoms. The van der Waals surface area contributed by atoms with Crippen molar-refractivity contribution in [3.05, 3.63) is 82.7 Å². The van der Waals surface area contributed by atoms with E-state index in [1.54, 1.807) is 30.3 Å². The van der Waals surface area contributed by atoms with Crippen LogP contribution in [0.15, 0.2) is 75.8 Å². The largest absolute Gasteiger partial charge is 0.455 e. The molecule has 0 aliphatic heterocycles. The lowest BCUT2D eigenvalue weighted by Gasteiger charge is -2.15. The molecule has 0 radical (unpaired) electrons. The van der Waals surface area contributed by atoms with Crippen LogP contribution in [0.4, 0.5) is 8.78 Å².